The highest BCUT2D eigenvalue weighted by Gasteiger charge is 2.32. The first kappa shape index (κ1) is 23.6. The predicted octanol–water partition coefficient (Wildman–Crippen LogP) is 6.70. The molecule has 6 rings (SSSR count). The Kier molecular flexibility index (Phi) is 6.77. The second-order valence-corrected chi connectivity index (χ2v) is 10.7. The SMILES string of the molecule is COCC1=NN=C2CC[C@H]1CCC1=C(C3=NC(C4C=CC=CC4)CC3)C=CCN1c1ccc(Cl)cc12. The number of halogens is 1. The molecule has 0 radical (unpaired) electrons. The van der Waals surface area contributed by atoms with E-state index in [0.717, 1.165) is 79.2 Å². The average Bonchev–Trinajstić information content (AvgIpc) is 3.31. The molecule has 2 unspecified atom stereocenters. The fraction of sp³-hybridized carbons (Fsp3) is 0.433. The summed E-state index contributed by atoms with van der Waals surface area (Å²) in [6.07, 6.45) is 20.7. The Bertz CT molecular complexity index is 1250. The molecule has 0 fully saturated rings. The van der Waals surface area contributed by atoms with Crippen LogP contribution < -0.4 is 4.90 Å². The number of anilines is 1. The number of nitrogens with zero attached hydrogens (tertiary/aromatic N) is 4. The third-order valence-corrected chi connectivity index (χ3v) is 8.34. The second-order valence-electron chi connectivity index (χ2n) is 10.3. The van der Waals surface area contributed by atoms with Gasteiger partial charge in [0.2, 0.25) is 0 Å². The lowest BCUT2D eigenvalue weighted by atomic mass is 9.86. The standard InChI is InChI=1S/C30H33ClN4O/c1-36-19-28-21-9-12-27(33-34-28)24-18-22(31)11-16-30(24)35-17-5-8-23(29(35)15-10-21)26-14-13-25(32-26)20-6-3-2-4-7-20/h2-6,8,11,16,18,20-21,25H,7,9-10,12-15,17,19H2,1H3/t20?,21-,25?/m0/s1. The van der Waals surface area contributed by atoms with Crippen LogP contribution >= 0.6 is 11.6 Å². The van der Waals surface area contributed by atoms with E-state index in [2.05, 4.69) is 53.5 Å². The van der Waals surface area contributed by atoms with Crippen molar-refractivity contribution in [3.05, 3.63) is 76.5 Å². The van der Waals surface area contributed by atoms with Gasteiger partial charge in [-0.25, -0.2) is 0 Å². The molecule has 0 amide bonds. The summed E-state index contributed by atoms with van der Waals surface area (Å²) >= 11 is 6.51. The third kappa shape index (κ3) is 4.55. The molecule has 0 saturated carbocycles. The number of hydrogen-bond acceptors (Lipinski definition) is 5. The van der Waals surface area contributed by atoms with Gasteiger partial charge >= 0.3 is 0 Å². The molecule has 0 spiro atoms. The zero-order valence-electron chi connectivity index (χ0n) is 20.9. The minimum absolute atomic E-state index is 0.353. The van der Waals surface area contributed by atoms with Crippen molar-refractivity contribution in [1.29, 1.82) is 0 Å². The molecule has 0 N–H and O–H groups in total. The molecule has 4 heterocycles. The molecule has 0 aromatic heterocycles. The van der Waals surface area contributed by atoms with Crippen LogP contribution in [0.3, 0.4) is 0 Å². The van der Waals surface area contributed by atoms with E-state index in [-0.39, 0.29) is 0 Å². The summed E-state index contributed by atoms with van der Waals surface area (Å²) < 4.78 is 5.51. The highest BCUT2D eigenvalue weighted by atomic mass is 35.5. The highest BCUT2D eigenvalue weighted by molar-refractivity contribution is 6.31. The Balaban J connectivity index is 1.44. The van der Waals surface area contributed by atoms with Gasteiger partial charge in [-0.1, -0.05) is 48.1 Å². The summed E-state index contributed by atoms with van der Waals surface area (Å²) in [5, 5.41) is 10.2. The molecule has 5 nitrogen and oxygen atoms in total. The second kappa shape index (κ2) is 10.3. The van der Waals surface area contributed by atoms with E-state index < -0.39 is 0 Å². The molecule has 0 saturated heterocycles. The minimum Gasteiger partial charge on any atom is -0.379 e. The third-order valence-electron chi connectivity index (χ3n) is 8.11. The van der Waals surface area contributed by atoms with Crippen LogP contribution in [0.1, 0.15) is 50.5 Å². The molecule has 5 aliphatic rings. The van der Waals surface area contributed by atoms with E-state index in [0.29, 0.717) is 24.5 Å². The molecule has 36 heavy (non-hydrogen) atoms. The van der Waals surface area contributed by atoms with Crippen LogP contribution in [0.4, 0.5) is 5.69 Å². The van der Waals surface area contributed by atoms with Gasteiger partial charge in [-0.3, -0.25) is 4.99 Å². The number of benzene rings is 1. The molecule has 1 aromatic rings. The Morgan fingerprint density at radius 1 is 1.03 bits per heavy atom. The van der Waals surface area contributed by atoms with Gasteiger partial charge in [-0.05, 0) is 63.1 Å². The smallest absolute Gasteiger partial charge is 0.0866 e. The summed E-state index contributed by atoms with van der Waals surface area (Å²) in [6, 6.07) is 6.58. The number of allylic oxidation sites excluding steroid dienone is 6. The largest absolute Gasteiger partial charge is 0.379 e. The van der Waals surface area contributed by atoms with Gasteiger partial charge in [0.05, 0.1) is 29.8 Å². The van der Waals surface area contributed by atoms with Crippen LogP contribution in [0.25, 0.3) is 0 Å². The number of fused-ring (bicyclic) bond motifs is 7. The van der Waals surface area contributed by atoms with E-state index in [1.54, 1.807) is 7.11 Å². The van der Waals surface area contributed by atoms with Crippen LogP contribution in [-0.2, 0) is 4.74 Å². The van der Waals surface area contributed by atoms with Gasteiger partial charge in [-0.2, -0.15) is 10.2 Å². The Morgan fingerprint density at radius 2 is 1.92 bits per heavy atom. The van der Waals surface area contributed by atoms with Crippen molar-refractivity contribution >= 4 is 34.4 Å². The van der Waals surface area contributed by atoms with Crippen molar-refractivity contribution in [3.8, 4) is 0 Å². The van der Waals surface area contributed by atoms with E-state index in [9.17, 15) is 0 Å². The number of methoxy groups -OCH3 is 1. The lowest BCUT2D eigenvalue weighted by Gasteiger charge is -2.34. The summed E-state index contributed by atoms with van der Waals surface area (Å²) in [5.74, 6) is 0.865. The Hall–Kier alpha value is -2.76. The molecule has 2 bridgehead atoms. The normalized spacial score (nSPS) is 27.3. The monoisotopic (exact) mass is 500 g/mol. The molecule has 4 aliphatic heterocycles. The van der Waals surface area contributed by atoms with Gasteiger partial charge in [0, 0.05) is 53.1 Å². The Morgan fingerprint density at radius 3 is 2.78 bits per heavy atom. The van der Waals surface area contributed by atoms with Crippen molar-refractivity contribution in [2.75, 3.05) is 25.2 Å². The zero-order chi connectivity index (χ0) is 24.5. The van der Waals surface area contributed by atoms with Crippen LogP contribution in [0.5, 0.6) is 0 Å². The Labute approximate surface area is 218 Å². The first-order valence-electron chi connectivity index (χ1n) is 13.2. The van der Waals surface area contributed by atoms with Crippen LogP contribution in [0, 0.1) is 11.8 Å². The molecular formula is C30H33ClN4O. The maximum Gasteiger partial charge on any atom is 0.0866 e. The van der Waals surface area contributed by atoms with Crippen molar-refractivity contribution in [1.82, 2.24) is 0 Å². The topological polar surface area (TPSA) is 49.6 Å². The molecule has 6 heteroatoms. The van der Waals surface area contributed by atoms with E-state index in [4.69, 9.17) is 31.5 Å². The number of ether oxygens (including phenoxy) is 1. The molecular weight excluding hydrogens is 468 g/mol. The first-order chi connectivity index (χ1) is 17.7. The van der Waals surface area contributed by atoms with Gasteiger partial charge in [0.1, 0.15) is 0 Å². The van der Waals surface area contributed by atoms with Crippen molar-refractivity contribution in [2.24, 2.45) is 27.0 Å². The van der Waals surface area contributed by atoms with Gasteiger partial charge in [-0.15, -0.1) is 0 Å². The summed E-state index contributed by atoms with van der Waals surface area (Å²) in [7, 11) is 1.74. The van der Waals surface area contributed by atoms with Crippen LogP contribution in [-0.4, -0.2) is 43.4 Å². The van der Waals surface area contributed by atoms with Crippen LogP contribution in [0.15, 0.2) is 81.1 Å². The predicted molar refractivity (Wildman–Crippen MR) is 150 cm³/mol. The van der Waals surface area contributed by atoms with Crippen LogP contribution in [0.2, 0.25) is 5.02 Å². The summed E-state index contributed by atoms with van der Waals surface area (Å²) in [5.41, 5.74) is 8.24. The maximum absolute atomic E-state index is 6.51. The zero-order valence-corrected chi connectivity index (χ0v) is 21.6. The van der Waals surface area contributed by atoms with Crippen molar-refractivity contribution < 1.29 is 4.74 Å². The lowest BCUT2D eigenvalue weighted by Crippen LogP contribution is -2.31. The van der Waals surface area contributed by atoms with Crippen molar-refractivity contribution in [2.45, 2.75) is 51.0 Å². The lowest BCUT2D eigenvalue weighted by molar-refractivity contribution is 0.239. The van der Waals surface area contributed by atoms with E-state index in [1.165, 1.54) is 17.0 Å². The summed E-state index contributed by atoms with van der Waals surface area (Å²) in [6.45, 7) is 1.36. The minimum atomic E-state index is 0.353. The van der Waals surface area contributed by atoms with Gasteiger partial charge in [0.15, 0.2) is 0 Å². The maximum atomic E-state index is 6.51. The first-order valence-corrected chi connectivity index (χ1v) is 13.6. The van der Waals surface area contributed by atoms with E-state index >= 15 is 0 Å². The highest BCUT2D eigenvalue weighted by Crippen LogP contribution is 2.39. The average molecular weight is 501 g/mol. The fourth-order valence-electron chi connectivity index (χ4n) is 6.23. The quantitative estimate of drug-likeness (QED) is 0.461. The number of aliphatic imine (C=N–C) groups is 1. The number of hydrogen-bond donors (Lipinski definition) is 0. The molecule has 186 valence electrons. The fourth-order valence-corrected chi connectivity index (χ4v) is 6.40. The van der Waals surface area contributed by atoms with E-state index in [1.807, 2.05) is 6.07 Å². The summed E-state index contributed by atoms with van der Waals surface area (Å²) in [4.78, 5) is 7.78. The molecule has 1 aliphatic carbocycles. The molecule has 1 aromatic carbocycles. The van der Waals surface area contributed by atoms with Gasteiger partial charge < -0.3 is 9.64 Å². The van der Waals surface area contributed by atoms with Crippen molar-refractivity contribution in [3.63, 3.8) is 0 Å². The molecule has 3 atom stereocenters. The number of rotatable bonds is 4. The van der Waals surface area contributed by atoms with Gasteiger partial charge in [0.25, 0.3) is 0 Å².